The van der Waals surface area contributed by atoms with E-state index in [0.29, 0.717) is 6.54 Å². The molecule has 0 saturated carbocycles. The van der Waals surface area contributed by atoms with Gasteiger partial charge in [0.2, 0.25) is 0 Å². The average molecular weight is 323 g/mol. The molecule has 126 valence electrons. The van der Waals surface area contributed by atoms with Crippen molar-refractivity contribution < 1.29 is 4.74 Å². The predicted molar refractivity (Wildman–Crippen MR) is 99.7 cm³/mol. The van der Waals surface area contributed by atoms with E-state index in [2.05, 4.69) is 55.3 Å². The topological polar surface area (TPSA) is 50.8 Å². The number of benzene rings is 2. The molecule has 24 heavy (non-hydrogen) atoms. The molecule has 0 aromatic heterocycles. The summed E-state index contributed by atoms with van der Waals surface area (Å²) in [5.41, 5.74) is 10.5. The summed E-state index contributed by atoms with van der Waals surface area (Å²) in [4.78, 5) is 0. The summed E-state index contributed by atoms with van der Waals surface area (Å²) in [6.45, 7) is 5.45. The fraction of sp³-hybridized carbons (Fsp3) is 0.350. The van der Waals surface area contributed by atoms with E-state index in [-0.39, 0.29) is 6.04 Å². The molecule has 0 aliphatic carbocycles. The van der Waals surface area contributed by atoms with Crippen LogP contribution in [0.5, 0.6) is 5.75 Å². The summed E-state index contributed by atoms with van der Waals surface area (Å²) in [6, 6.07) is 17.0. The highest BCUT2D eigenvalue weighted by Crippen LogP contribution is 2.35. The molecular formula is C20H25N3O. The molecule has 1 aliphatic rings. The summed E-state index contributed by atoms with van der Waals surface area (Å²) in [7, 11) is 0. The molecule has 0 saturated heterocycles. The Morgan fingerprint density at radius 1 is 1.12 bits per heavy atom. The van der Waals surface area contributed by atoms with Crippen molar-refractivity contribution in [2.45, 2.75) is 32.7 Å². The van der Waals surface area contributed by atoms with Crippen LogP contribution in [0.25, 0.3) is 0 Å². The predicted octanol–water partition coefficient (Wildman–Crippen LogP) is 4.05. The average Bonchev–Trinajstić information content (AvgIpc) is 3.05. The standard InChI is InChI=1S/C20H25N3O/c1-3-12-24-19-10-8-18(9-11-19)23-20(13-17(14-21)22-23)16-6-4-15(2)5-7-16/h4-11,20H,3,12-14,21H2,1-2H3. The lowest BCUT2D eigenvalue weighted by molar-refractivity contribution is 0.317. The maximum atomic E-state index is 5.84. The summed E-state index contributed by atoms with van der Waals surface area (Å²) >= 11 is 0. The van der Waals surface area contributed by atoms with Gasteiger partial charge in [0.1, 0.15) is 5.75 Å². The third kappa shape index (κ3) is 3.60. The number of hydrogen-bond donors (Lipinski definition) is 1. The Labute approximate surface area is 143 Å². The van der Waals surface area contributed by atoms with Crippen LogP contribution in [0.15, 0.2) is 53.6 Å². The van der Waals surface area contributed by atoms with Crippen LogP contribution >= 0.6 is 0 Å². The van der Waals surface area contributed by atoms with Crippen molar-refractivity contribution in [3.05, 3.63) is 59.7 Å². The van der Waals surface area contributed by atoms with E-state index in [1.807, 2.05) is 12.1 Å². The SMILES string of the molecule is CCCOc1ccc(N2N=C(CN)CC2c2ccc(C)cc2)cc1. The Kier molecular flexibility index (Phi) is 5.16. The van der Waals surface area contributed by atoms with E-state index in [1.165, 1.54) is 11.1 Å². The third-order valence-corrected chi connectivity index (χ3v) is 4.25. The zero-order valence-electron chi connectivity index (χ0n) is 14.4. The van der Waals surface area contributed by atoms with Crippen molar-refractivity contribution in [2.75, 3.05) is 18.2 Å². The number of anilines is 1. The largest absolute Gasteiger partial charge is 0.494 e. The van der Waals surface area contributed by atoms with Crippen molar-refractivity contribution in [1.29, 1.82) is 0 Å². The molecule has 2 aromatic carbocycles. The van der Waals surface area contributed by atoms with Gasteiger partial charge in [-0.15, -0.1) is 0 Å². The van der Waals surface area contributed by atoms with Gasteiger partial charge in [-0.3, -0.25) is 5.01 Å². The number of ether oxygens (including phenoxy) is 1. The highest BCUT2D eigenvalue weighted by atomic mass is 16.5. The Morgan fingerprint density at radius 3 is 2.46 bits per heavy atom. The molecule has 1 aliphatic heterocycles. The second-order valence-corrected chi connectivity index (χ2v) is 6.19. The molecule has 1 unspecified atom stereocenters. The Balaban J connectivity index is 1.84. The lowest BCUT2D eigenvalue weighted by atomic mass is 10.0. The molecule has 1 atom stereocenters. The van der Waals surface area contributed by atoms with Crippen molar-refractivity contribution >= 4 is 11.4 Å². The number of nitrogens with two attached hydrogens (primary N) is 1. The maximum Gasteiger partial charge on any atom is 0.119 e. The summed E-state index contributed by atoms with van der Waals surface area (Å²) < 4.78 is 5.67. The van der Waals surface area contributed by atoms with Crippen LogP contribution in [0.4, 0.5) is 5.69 Å². The Bertz CT molecular complexity index is 692. The van der Waals surface area contributed by atoms with E-state index in [4.69, 9.17) is 15.6 Å². The number of nitrogens with zero attached hydrogens (tertiary/aromatic N) is 2. The monoisotopic (exact) mass is 323 g/mol. The quantitative estimate of drug-likeness (QED) is 0.872. The van der Waals surface area contributed by atoms with Crippen molar-refractivity contribution in [1.82, 2.24) is 0 Å². The fourth-order valence-electron chi connectivity index (χ4n) is 2.90. The van der Waals surface area contributed by atoms with E-state index in [9.17, 15) is 0 Å². The molecule has 3 rings (SSSR count). The minimum atomic E-state index is 0.201. The summed E-state index contributed by atoms with van der Waals surface area (Å²) in [5, 5.41) is 6.81. The van der Waals surface area contributed by atoms with E-state index in [1.54, 1.807) is 0 Å². The summed E-state index contributed by atoms with van der Waals surface area (Å²) in [6.07, 6.45) is 1.88. The van der Waals surface area contributed by atoms with Crippen molar-refractivity contribution in [3.8, 4) is 5.75 Å². The lowest BCUT2D eigenvalue weighted by Crippen LogP contribution is -2.18. The smallest absolute Gasteiger partial charge is 0.119 e. The van der Waals surface area contributed by atoms with E-state index in [0.717, 1.165) is 36.6 Å². The molecule has 0 radical (unpaired) electrons. The Hall–Kier alpha value is -2.33. The second-order valence-electron chi connectivity index (χ2n) is 6.19. The number of aryl methyl sites for hydroxylation is 1. The van der Waals surface area contributed by atoms with Crippen LogP contribution < -0.4 is 15.5 Å². The molecule has 2 N–H and O–H groups in total. The molecule has 0 fully saturated rings. The van der Waals surface area contributed by atoms with E-state index >= 15 is 0 Å². The molecule has 0 spiro atoms. The summed E-state index contributed by atoms with van der Waals surface area (Å²) in [5.74, 6) is 0.898. The molecule has 4 nitrogen and oxygen atoms in total. The number of hydrogen-bond acceptors (Lipinski definition) is 4. The van der Waals surface area contributed by atoms with Gasteiger partial charge in [0, 0.05) is 13.0 Å². The first-order valence-corrected chi connectivity index (χ1v) is 8.56. The van der Waals surface area contributed by atoms with Crippen LogP contribution in [0.1, 0.15) is 36.9 Å². The molecule has 4 heteroatoms. The molecule has 0 bridgehead atoms. The first kappa shape index (κ1) is 16.5. The van der Waals surface area contributed by atoms with Gasteiger partial charge in [0.15, 0.2) is 0 Å². The molecule has 2 aromatic rings. The Morgan fingerprint density at radius 2 is 1.83 bits per heavy atom. The highest BCUT2D eigenvalue weighted by molar-refractivity contribution is 5.90. The second kappa shape index (κ2) is 7.49. The van der Waals surface area contributed by atoms with Crippen LogP contribution in [0, 0.1) is 6.92 Å². The van der Waals surface area contributed by atoms with Gasteiger partial charge in [-0.25, -0.2) is 0 Å². The van der Waals surface area contributed by atoms with E-state index < -0.39 is 0 Å². The third-order valence-electron chi connectivity index (χ3n) is 4.25. The molecule has 1 heterocycles. The van der Waals surface area contributed by atoms with Gasteiger partial charge in [-0.1, -0.05) is 36.8 Å². The van der Waals surface area contributed by atoms with Gasteiger partial charge in [0.05, 0.1) is 24.0 Å². The fourth-order valence-corrected chi connectivity index (χ4v) is 2.90. The minimum absolute atomic E-state index is 0.201. The van der Waals surface area contributed by atoms with Crippen molar-refractivity contribution in [2.24, 2.45) is 10.8 Å². The van der Waals surface area contributed by atoms with Gasteiger partial charge < -0.3 is 10.5 Å². The zero-order valence-corrected chi connectivity index (χ0v) is 14.4. The highest BCUT2D eigenvalue weighted by Gasteiger charge is 2.28. The maximum absolute atomic E-state index is 5.84. The normalized spacial score (nSPS) is 17.0. The molecule has 0 amide bonds. The number of rotatable bonds is 6. The zero-order chi connectivity index (χ0) is 16.9. The molecular weight excluding hydrogens is 298 g/mol. The van der Waals surface area contributed by atoms with Crippen LogP contribution in [0.2, 0.25) is 0 Å². The van der Waals surface area contributed by atoms with Gasteiger partial charge in [-0.2, -0.15) is 5.10 Å². The van der Waals surface area contributed by atoms with Crippen molar-refractivity contribution in [3.63, 3.8) is 0 Å². The van der Waals surface area contributed by atoms with Gasteiger partial charge in [0.25, 0.3) is 0 Å². The van der Waals surface area contributed by atoms with Crippen LogP contribution in [-0.2, 0) is 0 Å². The first-order chi connectivity index (χ1) is 11.7. The first-order valence-electron chi connectivity index (χ1n) is 8.56. The minimum Gasteiger partial charge on any atom is -0.494 e. The lowest BCUT2D eigenvalue weighted by Gasteiger charge is -2.24. The van der Waals surface area contributed by atoms with Gasteiger partial charge >= 0.3 is 0 Å². The van der Waals surface area contributed by atoms with Crippen LogP contribution in [-0.4, -0.2) is 18.9 Å². The van der Waals surface area contributed by atoms with Crippen LogP contribution in [0.3, 0.4) is 0 Å². The number of hydrazone groups is 1. The van der Waals surface area contributed by atoms with Gasteiger partial charge in [-0.05, 0) is 43.2 Å².